The average Bonchev–Trinajstić information content (AvgIpc) is 3.07. The van der Waals surface area contributed by atoms with Crippen LogP contribution in [0.15, 0.2) is 42.5 Å². The highest BCUT2D eigenvalue weighted by Crippen LogP contribution is 2.41. The van der Waals surface area contributed by atoms with Crippen LogP contribution in [0.4, 0.5) is 23.7 Å². The third-order valence-electron chi connectivity index (χ3n) is 4.21. The Morgan fingerprint density at radius 3 is 2.32 bits per heavy atom. The summed E-state index contributed by atoms with van der Waals surface area (Å²) in [6.07, 6.45) is -6.46. The van der Waals surface area contributed by atoms with Gasteiger partial charge in [-0.3, -0.25) is 10.1 Å². The van der Waals surface area contributed by atoms with Crippen LogP contribution in [0.1, 0.15) is 37.4 Å². The minimum atomic E-state index is -4.49. The van der Waals surface area contributed by atoms with Crippen molar-refractivity contribution in [1.29, 1.82) is 0 Å². The monoisotopic (exact) mass is 454 g/mol. The lowest BCUT2D eigenvalue weighted by Gasteiger charge is -2.28. The SMILES string of the molecule is CC(C)(C)[C@H](OC(=O)Oc1ccc([N+](=O)[O-])cc1)c1nc2cc(C(F)(F)F)ccc2s1. The maximum Gasteiger partial charge on any atom is 0.514 e. The molecule has 164 valence electrons. The van der Waals surface area contributed by atoms with E-state index in [2.05, 4.69) is 4.98 Å². The molecule has 0 saturated carbocycles. The molecule has 0 fully saturated rings. The summed E-state index contributed by atoms with van der Waals surface area (Å²) in [5, 5.41) is 11.0. The van der Waals surface area contributed by atoms with E-state index in [1.807, 2.05) is 0 Å². The predicted octanol–water partition coefficient (Wildman–Crippen LogP) is 6.53. The van der Waals surface area contributed by atoms with Crippen LogP contribution < -0.4 is 4.74 Å². The molecule has 0 N–H and O–H groups in total. The number of nitro groups is 1. The van der Waals surface area contributed by atoms with Gasteiger partial charge in [0.05, 0.1) is 20.7 Å². The number of halogens is 3. The number of ether oxygens (including phenoxy) is 2. The summed E-state index contributed by atoms with van der Waals surface area (Å²) in [6, 6.07) is 8.10. The molecule has 11 heteroatoms. The molecule has 0 aliphatic carbocycles. The molecule has 0 bridgehead atoms. The Bertz CT molecular complexity index is 1120. The number of aromatic nitrogens is 1. The summed E-state index contributed by atoms with van der Waals surface area (Å²) < 4.78 is 50.0. The minimum Gasteiger partial charge on any atom is -0.423 e. The first-order chi connectivity index (χ1) is 14.3. The molecule has 1 atom stereocenters. The van der Waals surface area contributed by atoms with Crippen LogP contribution >= 0.6 is 11.3 Å². The highest BCUT2D eigenvalue weighted by atomic mass is 32.1. The molecule has 0 saturated heterocycles. The number of hydrogen-bond donors (Lipinski definition) is 0. The molecular weight excluding hydrogens is 437 g/mol. The van der Waals surface area contributed by atoms with Gasteiger partial charge in [0.15, 0.2) is 6.10 Å². The van der Waals surface area contributed by atoms with E-state index in [1.165, 1.54) is 30.3 Å². The Balaban J connectivity index is 1.83. The van der Waals surface area contributed by atoms with Crippen LogP contribution in [-0.4, -0.2) is 16.1 Å². The number of rotatable bonds is 4. The third-order valence-corrected chi connectivity index (χ3v) is 5.28. The fourth-order valence-corrected chi connectivity index (χ4v) is 3.91. The molecule has 1 aromatic heterocycles. The van der Waals surface area contributed by atoms with Crippen LogP contribution in [0.2, 0.25) is 0 Å². The molecule has 0 spiro atoms. The number of alkyl halides is 3. The van der Waals surface area contributed by atoms with Gasteiger partial charge in [-0.25, -0.2) is 9.78 Å². The minimum absolute atomic E-state index is 0.0439. The second kappa shape index (κ2) is 8.14. The largest absolute Gasteiger partial charge is 0.514 e. The van der Waals surface area contributed by atoms with Crippen molar-refractivity contribution >= 4 is 33.4 Å². The lowest BCUT2D eigenvalue weighted by Crippen LogP contribution is -2.25. The van der Waals surface area contributed by atoms with Gasteiger partial charge in [-0.05, 0) is 30.3 Å². The Labute approximate surface area is 178 Å². The first-order valence-corrected chi connectivity index (χ1v) is 9.77. The fourth-order valence-electron chi connectivity index (χ4n) is 2.68. The molecule has 0 amide bonds. The van der Waals surface area contributed by atoms with E-state index in [-0.39, 0.29) is 17.0 Å². The van der Waals surface area contributed by atoms with Gasteiger partial charge in [0.2, 0.25) is 0 Å². The molecule has 3 aromatic rings. The van der Waals surface area contributed by atoms with Crippen molar-refractivity contribution in [2.24, 2.45) is 5.41 Å². The average molecular weight is 454 g/mol. The summed E-state index contributed by atoms with van der Waals surface area (Å²) in [7, 11) is 0. The number of hydrogen-bond acceptors (Lipinski definition) is 7. The van der Waals surface area contributed by atoms with Gasteiger partial charge < -0.3 is 9.47 Å². The van der Waals surface area contributed by atoms with Crippen LogP contribution in [0, 0.1) is 15.5 Å². The molecule has 1 heterocycles. The molecule has 0 radical (unpaired) electrons. The van der Waals surface area contributed by atoms with Gasteiger partial charge in [-0.15, -0.1) is 11.3 Å². The Morgan fingerprint density at radius 1 is 1.13 bits per heavy atom. The molecule has 3 rings (SSSR count). The van der Waals surface area contributed by atoms with Crippen molar-refractivity contribution < 1.29 is 32.4 Å². The van der Waals surface area contributed by atoms with E-state index in [4.69, 9.17) is 9.47 Å². The van der Waals surface area contributed by atoms with E-state index in [1.54, 1.807) is 20.8 Å². The van der Waals surface area contributed by atoms with E-state index in [9.17, 15) is 28.1 Å². The first kappa shape index (κ1) is 22.5. The van der Waals surface area contributed by atoms with Crippen molar-refractivity contribution in [3.63, 3.8) is 0 Å². The molecule has 0 aliphatic heterocycles. The van der Waals surface area contributed by atoms with Crippen molar-refractivity contribution in [3.8, 4) is 5.75 Å². The van der Waals surface area contributed by atoms with Crippen molar-refractivity contribution in [1.82, 2.24) is 4.98 Å². The van der Waals surface area contributed by atoms with Gasteiger partial charge >= 0.3 is 12.3 Å². The van der Waals surface area contributed by atoms with Gasteiger partial charge in [0.25, 0.3) is 5.69 Å². The number of benzene rings is 2. The lowest BCUT2D eigenvalue weighted by molar-refractivity contribution is -0.384. The summed E-state index contributed by atoms with van der Waals surface area (Å²) in [5.41, 5.74) is -1.48. The summed E-state index contributed by atoms with van der Waals surface area (Å²) >= 11 is 1.12. The zero-order valence-electron chi connectivity index (χ0n) is 16.6. The Hall–Kier alpha value is -3.21. The second-order valence-corrected chi connectivity index (χ2v) is 8.76. The zero-order chi connectivity index (χ0) is 23.0. The smallest absolute Gasteiger partial charge is 0.423 e. The zero-order valence-corrected chi connectivity index (χ0v) is 17.4. The van der Waals surface area contributed by atoms with Gasteiger partial charge in [0.1, 0.15) is 10.8 Å². The highest BCUT2D eigenvalue weighted by molar-refractivity contribution is 7.18. The molecule has 0 unspecified atom stereocenters. The van der Waals surface area contributed by atoms with Gasteiger partial charge in [-0.1, -0.05) is 20.8 Å². The molecule has 31 heavy (non-hydrogen) atoms. The number of thiazole rings is 1. The maximum atomic E-state index is 13.0. The molecule has 0 aliphatic rings. The Kier molecular flexibility index (Phi) is 5.90. The summed E-state index contributed by atoms with van der Waals surface area (Å²) in [5.74, 6) is 0.0439. The van der Waals surface area contributed by atoms with E-state index in [0.717, 1.165) is 23.5 Å². The highest BCUT2D eigenvalue weighted by Gasteiger charge is 2.35. The molecule has 2 aromatic carbocycles. The quantitative estimate of drug-likeness (QED) is 0.193. The Morgan fingerprint density at radius 2 is 1.77 bits per heavy atom. The van der Waals surface area contributed by atoms with Crippen LogP contribution in [0.3, 0.4) is 0 Å². The normalized spacial score (nSPS) is 13.1. The van der Waals surface area contributed by atoms with Crippen LogP contribution in [-0.2, 0) is 10.9 Å². The van der Waals surface area contributed by atoms with Crippen LogP contribution in [0.5, 0.6) is 5.75 Å². The van der Waals surface area contributed by atoms with Gasteiger partial charge in [0, 0.05) is 17.5 Å². The summed E-state index contributed by atoms with van der Waals surface area (Å²) in [4.78, 5) is 26.7. The standard InChI is InChI=1S/C20H17F3N2O5S/c1-19(2,3)16(30-18(26)29-13-7-5-12(6-8-13)25(27)28)17-24-14-10-11(20(21,22)23)4-9-15(14)31-17/h4-10,16H,1-3H3/t16-/m1/s1. The van der Waals surface area contributed by atoms with E-state index >= 15 is 0 Å². The van der Waals surface area contributed by atoms with Crippen molar-refractivity contribution in [2.75, 3.05) is 0 Å². The number of nitro benzene ring substituents is 1. The first-order valence-electron chi connectivity index (χ1n) is 8.95. The predicted molar refractivity (Wildman–Crippen MR) is 107 cm³/mol. The number of fused-ring (bicyclic) bond motifs is 1. The van der Waals surface area contributed by atoms with Crippen molar-refractivity contribution in [2.45, 2.75) is 33.1 Å². The van der Waals surface area contributed by atoms with Crippen LogP contribution in [0.25, 0.3) is 10.2 Å². The number of nitrogens with zero attached hydrogens (tertiary/aromatic N) is 2. The van der Waals surface area contributed by atoms with E-state index in [0.29, 0.717) is 9.71 Å². The van der Waals surface area contributed by atoms with Gasteiger partial charge in [-0.2, -0.15) is 13.2 Å². The number of non-ortho nitro benzene ring substituents is 1. The lowest BCUT2D eigenvalue weighted by atomic mass is 9.89. The van der Waals surface area contributed by atoms with E-state index < -0.39 is 34.3 Å². The number of carbonyl (C=O) groups is 1. The molecule has 7 nitrogen and oxygen atoms in total. The summed E-state index contributed by atoms with van der Waals surface area (Å²) in [6.45, 7) is 5.35. The maximum absolute atomic E-state index is 13.0. The fraction of sp³-hybridized carbons (Fsp3) is 0.300. The number of carbonyl (C=O) groups excluding carboxylic acids is 1. The third kappa shape index (κ3) is 5.29. The second-order valence-electron chi connectivity index (χ2n) is 7.70. The topological polar surface area (TPSA) is 91.6 Å². The van der Waals surface area contributed by atoms with Crippen molar-refractivity contribution in [3.05, 3.63) is 63.1 Å². The molecular formula is C20H17F3N2O5S.